The van der Waals surface area contributed by atoms with Gasteiger partial charge in [-0.15, -0.1) is 0 Å². The Balaban J connectivity index is 1.99. The molecule has 1 heterocycles. The van der Waals surface area contributed by atoms with E-state index in [1.165, 1.54) is 6.42 Å². The highest BCUT2D eigenvalue weighted by molar-refractivity contribution is 5.47. The van der Waals surface area contributed by atoms with Crippen molar-refractivity contribution >= 4 is 5.69 Å². The number of nitriles is 1. The fourth-order valence-corrected chi connectivity index (χ4v) is 2.54. The van der Waals surface area contributed by atoms with E-state index >= 15 is 0 Å². The van der Waals surface area contributed by atoms with E-state index in [-0.39, 0.29) is 5.54 Å². The number of hydrogen-bond donors (Lipinski definition) is 1. The number of benzene rings is 1. The molecule has 18 heavy (non-hydrogen) atoms. The van der Waals surface area contributed by atoms with Crippen LogP contribution in [0.25, 0.3) is 0 Å². The summed E-state index contributed by atoms with van der Waals surface area (Å²) in [5.41, 5.74) is 0.661. The number of hydrogen-bond acceptors (Lipinski definition) is 3. The van der Waals surface area contributed by atoms with Gasteiger partial charge in [0.2, 0.25) is 0 Å². The molecule has 1 aromatic carbocycles. The Morgan fingerprint density at radius 3 is 2.50 bits per heavy atom. The molecule has 1 fully saturated rings. The van der Waals surface area contributed by atoms with Gasteiger partial charge in [0, 0.05) is 18.8 Å². The third-order valence-electron chi connectivity index (χ3n) is 3.62. The maximum atomic E-state index is 9.49. The number of likely N-dealkylation sites (tertiary alicyclic amines) is 1. The van der Waals surface area contributed by atoms with E-state index in [0.29, 0.717) is 0 Å². The number of rotatable bonds is 4. The first kappa shape index (κ1) is 12.9. The zero-order chi connectivity index (χ0) is 12.8. The lowest BCUT2D eigenvalue weighted by atomic mass is 9.88. The topological polar surface area (TPSA) is 39.1 Å². The molecule has 1 aromatic rings. The predicted molar refractivity (Wildman–Crippen MR) is 74.4 cm³/mol. The van der Waals surface area contributed by atoms with Gasteiger partial charge in [-0.3, -0.25) is 0 Å². The van der Waals surface area contributed by atoms with Gasteiger partial charge in [-0.2, -0.15) is 5.26 Å². The molecule has 0 unspecified atom stereocenters. The molecule has 1 N–H and O–H groups in total. The Morgan fingerprint density at radius 1 is 1.28 bits per heavy atom. The van der Waals surface area contributed by atoms with Gasteiger partial charge < -0.3 is 10.2 Å². The van der Waals surface area contributed by atoms with E-state index < -0.39 is 0 Å². The summed E-state index contributed by atoms with van der Waals surface area (Å²) in [6, 6.07) is 12.5. The molecule has 0 aromatic heterocycles. The fraction of sp³-hybridized carbons (Fsp3) is 0.533. The van der Waals surface area contributed by atoms with Crippen LogP contribution in [0.5, 0.6) is 0 Å². The van der Waals surface area contributed by atoms with Crippen LogP contribution in [0.15, 0.2) is 30.3 Å². The van der Waals surface area contributed by atoms with Crippen LogP contribution in [0.3, 0.4) is 0 Å². The minimum absolute atomic E-state index is 0.383. The van der Waals surface area contributed by atoms with Crippen LogP contribution in [-0.2, 0) is 0 Å². The van der Waals surface area contributed by atoms with Gasteiger partial charge in [-0.1, -0.05) is 25.1 Å². The van der Waals surface area contributed by atoms with Crippen LogP contribution < -0.4 is 5.32 Å². The van der Waals surface area contributed by atoms with E-state index in [0.717, 1.165) is 38.2 Å². The summed E-state index contributed by atoms with van der Waals surface area (Å²) in [7, 11) is 0. The van der Waals surface area contributed by atoms with E-state index in [2.05, 4.69) is 23.2 Å². The molecule has 3 heteroatoms. The van der Waals surface area contributed by atoms with Gasteiger partial charge in [-0.05, 0) is 37.9 Å². The molecule has 0 spiro atoms. The molecule has 0 amide bonds. The normalized spacial score (nSPS) is 19.1. The van der Waals surface area contributed by atoms with Crippen molar-refractivity contribution in [3.05, 3.63) is 30.3 Å². The Labute approximate surface area is 109 Å². The second-order valence-corrected chi connectivity index (χ2v) is 5.03. The van der Waals surface area contributed by atoms with Gasteiger partial charge in [0.15, 0.2) is 0 Å². The Bertz CT molecular complexity index is 399. The van der Waals surface area contributed by atoms with Crippen molar-refractivity contribution in [2.24, 2.45) is 0 Å². The second kappa shape index (κ2) is 5.88. The lowest BCUT2D eigenvalue weighted by Crippen LogP contribution is -2.48. The SMILES string of the molecule is CCCN1CCC(C#N)(Nc2ccccc2)CC1. The number of piperidine rings is 1. The Morgan fingerprint density at radius 2 is 1.94 bits per heavy atom. The average molecular weight is 243 g/mol. The summed E-state index contributed by atoms with van der Waals surface area (Å²) in [5, 5.41) is 12.9. The molecule has 1 aliphatic heterocycles. The summed E-state index contributed by atoms with van der Waals surface area (Å²) < 4.78 is 0. The first-order valence-corrected chi connectivity index (χ1v) is 6.75. The predicted octanol–water partition coefficient (Wildman–Crippen LogP) is 2.87. The van der Waals surface area contributed by atoms with E-state index in [1.54, 1.807) is 0 Å². The number of para-hydroxylation sites is 1. The highest BCUT2D eigenvalue weighted by atomic mass is 15.2. The van der Waals surface area contributed by atoms with Gasteiger partial charge in [-0.25, -0.2) is 0 Å². The second-order valence-electron chi connectivity index (χ2n) is 5.03. The van der Waals surface area contributed by atoms with E-state index in [1.807, 2.05) is 30.3 Å². The summed E-state index contributed by atoms with van der Waals surface area (Å²) in [4.78, 5) is 2.45. The average Bonchev–Trinajstić information content (AvgIpc) is 2.43. The van der Waals surface area contributed by atoms with Crippen molar-refractivity contribution in [3.63, 3.8) is 0 Å². The molecule has 2 rings (SSSR count). The van der Waals surface area contributed by atoms with Gasteiger partial charge in [0.1, 0.15) is 5.54 Å². The molecular weight excluding hydrogens is 222 g/mol. The van der Waals surface area contributed by atoms with E-state index in [4.69, 9.17) is 0 Å². The summed E-state index contributed by atoms with van der Waals surface area (Å²) >= 11 is 0. The largest absolute Gasteiger partial charge is 0.367 e. The van der Waals surface area contributed by atoms with Gasteiger partial charge >= 0.3 is 0 Å². The quantitative estimate of drug-likeness (QED) is 0.883. The number of anilines is 1. The third-order valence-corrected chi connectivity index (χ3v) is 3.62. The third kappa shape index (κ3) is 3.02. The van der Waals surface area contributed by atoms with Crippen LogP contribution in [-0.4, -0.2) is 30.1 Å². The smallest absolute Gasteiger partial charge is 0.127 e. The Kier molecular flexibility index (Phi) is 4.22. The Hall–Kier alpha value is -1.53. The summed E-state index contributed by atoms with van der Waals surface area (Å²) in [6.45, 7) is 5.38. The van der Waals surface area contributed by atoms with Crippen LogP contribution in [0.2, 0.25) is 0 Å². The van der Waals surface area contributed by atoms with Gasteiger partial charge in [0.05, 0.1) is 6.07 Å². The lowest BCUT2D eigenvalue weighted by molar-refractivity contribution is 0.197. The van der Waals surface area contributed by atoms with E-state index in [9.17, 15) is 5.26 Å². The molecule has 0 aliphatic carbocycles. The molecule has 3 nitrogen and oxygen atoms in total. The minimum atomic E-state index is -0.383. The zero-order valence-electron chi connectivity index (χ0n) is 11.0. The van der Waals surface area contributed by atoms with Crippen molar-refractivity contribution < 1.29 is 0 Å². The molecule has 0 atom stereocenters. The molecule has 0 saturated carbocycles. The molecule has 1 aliphatic rings. The molecule has 0 radical (unpaired) electrons. The van der Waals surface area contributed by atoms with Gasteiger partial charge in [0.25, 0.3) is 0 Å². The van der Waals surface area contributed by atoms with Crippen molar-refractivity contribution in [1.82, 2.24) is 4.90 Å². The van der Waals surface area contributed by atoms with Crippen LogP contribution in [0.1, 0.15) is 26.2 Å². The standard InChI is InChI=1S/C15H21N3/c1-2-10-18-11-8-15(13-16,9-12-18)17-14-6-4-3-5-7-14/h3-7,17H,2,8-12H2,1H3. The lowest BCUT2D eigenvalue weighted by Gasteiger charge is -2.38. The molecule has 96 valence electrons. The fourth-order valence-electron chi connectivity index (χ4n) is 2.54. The monoisotopic (exact) mass is 243 g/mol. The maximum absolute atomic E-state index is 9.49. The first-order chi connectivity index (χ1) is 8.78. The molecular formula is C15H21N3. The van der Waals surface area contributed by atoms with Crippen molar-refractivity contribution in [2.45, 2.75) is 31.7 Å². The van der Waals surface area contributed by atoms with Crippen LogP contribution in [0, 0.1) is 11.3 Å². The zero-order valence-corrected chi connectivity index (χ0v) is 11.0. The molecule has 0 bridgehead atoms. The highest BCUT2D eigenvalue weighted by Crippen LogP contribution is 2.26. The van der Waals surface area contributed by atoms with Crippen molar-refractivity contribution in [2.75, 3.05) is 25.0 Å². The molecule has 1 saturated heterocycles. The van der Waals surface area contributed by atoms with Crippen LogP contribution >= 0.6 is 0 Å². The number of nitrogens with one attached hydrogen (secondary N) is 1. The number of nitrogens with zero attached hydrogens (tertiary/aromatic N) is 2. The summed E-state index contributed by atoms with van der Waals surface area (Å²) in [5.74, 6) is 0. The first-order valence-electron chi connectivity index (χ1n) is 6.75. The maximum Gasteiger partial charge on any atom is 0.127 e. The minimum Gasteiger partial charge on any atom is -0.367 e. The van der Waals surface area contributed by atoms with Crippen molar-refractivity contribution in [3.8, 4) is 6.07 Å². The highest BCUT2D eigenvalue weighted by Gasteiger charge is 2.34. The van der Waals surface area contributed by atoms with Crippen molar-refractivity contribution in [1.29, 1.82) is 5.26 Å². The van der Waals surface area contributed by atoms with Crippen LogP contribution in [0.4, 0.5) is 5.69 Å². The summed E-state index contributed by atoms with van der Waals surface area (Å²) in [6.07, 6.45) is 2.99.